The smallest absolute Gasteiger partial charge is 0.0863 e. The molecule has 0 aromatic carbocycles. The lowest BCUT2D eigenvalue weighted by Crippen LogP contribution is -2.67. The first-order chi connectivity index (χ1) is 15.6. The van der Waals surface area contributed by atoms with Crippen LogP contribution in [0.3, 0.4) is 0 Å². The van der Waals surface area contributed by atoms with E-state index in [1.165, 1.54) is 0 Å². The second-order valence-corrected chi connectivity index (χ2v) is 15.2. The summed E-state index contributed by atoms with van der Waals surface area (Å²) in [7, 11) is 0. The highest BCUT2D eigenvalue weighted by Crippen LogP contribution is 2.75. The lowest BCUT2D eigenvalue weighted by atomic mass is 9.33. The van der Waals surface area contributed by atoms with Gasteiger partial charge in [0, 0.05) is 10.8 Å². The third-order valence-electron chi connectivity index (χ3n) is 13.5. The highest BCUT2D eigenvalue weighted by molar-refractivity contribution is 5.34. The number of aliphatic hydroxyl groups is 4. The van der Waals surface area contributed by atoms with E-state index >= 15 is 0 Å². The maximum atomic E-state index is 11.3. The molecule has 0 radical (unpaired) electrons. The second-order valence-electron chi connectivity index (χ2n) is 15.2. The van der Waals surface area contributed by atoms with Gasteiger partial charge in [-0.25, -0.2) is 0 Å². The average Bonchev–Trinajstić information content (AvgIpc) is 2.77. The van der Waals surface area contributed by atoms with Crippen LogP contribution in [0.15, 0.2) is 11.6 Å². The molecule has 4 nitrogen and oxygen atoms in total. The predicted molar refractivity (Wildman–Crippen MR) is 135 cm³/mol. The van der Waals surface area contributed by atoms with Gasteiger partial charge in [-0.05, 0) is 90.8 Å². The van der Waals surface area contributed by atoms with Crippen molar-refractivity contribution in [2.45, 2.75) is 118 Å². The Hall–Kier alpha value is -0.420. The molecule has 0 heterocycles. The van der Waals surface area contributed by atoms with Gasteiger partial charge in [0.15, 0.2) is 0 Å². The molecule has 4 saturated carbocycles. The van der Waals surface area contributed by atoms with Crippen molar-refractivity contribution in [3.05, 3.63) is 11.6 Å². The van der Waals surface area contributed by atoms with Gasteiger partial charge in [-0.1, -0.05) is 60.1 Å². The van der Waals surface area contributed by atoms with Gasteiger partial charge >= 0.3 is 0 Å². The first kappa shape index (κ1) is 25.2. The molecule has 0 amide bonds. The standard InChI is InChI=1S/C30H50O4/c1-25(2)16-19-18-8-9-21-27(4)12-11-22(32)28(5,17-31)20(27)10-13-30(21,7)29(18,6)15-14-26(19,3)24(34)23(25)33/h8,19-24,31-34H,9-17H2,1-7H3/t19-,20+,21+,22-,23-,24+,26+,27-,28+,29+,30+/m1/s1. The van der Waals surface area contributed by atoms with E-state index in [0.29, 0.717) is 17.8 Å². The molecule has 11 atom stereocenters. The van der Waals surface area contributed by atoms with Gasteiger partial charge in [-0.2, -0.15) is 0 Å². The van der Waals surface area contributed by atoms with Gasteiger partial charge in [0.25, 0.3) is 0 Å². The van der Waals surface area contributed by atoms with E-state index in [2.05, 4.69) is 54.5 Å². The van der Waals surface area contributed by atoms with Crippen molar-refractivity contribution >= 4 is 0 Å². The molecular formula is C30H50O4. The van der Waals surface area contributed by atoms with Crippen molar-refractivity contribution in [1.82, 2.24) is 0 Å². The minimum atomic E-state index is -0.685. The lowest BCUT2D eigenvalue weighted by molar-refractivity contribution is -0.225. The highest BCUT2D eigenvalue weighted by Gasteiger charge is 2.69. The first-order valence-electron chi connectivity index (χ1n) is 14.0. The Morgan fingerprint density at radius 1 is 0.794 bits per heavy atom. The van der Waals surface area contributed by atoms with E-state index in [-0.39, 0.29) is 33.7 Å². The zero-order chi connectivity index (χ0) is 25.1. The molecule has 5 aliphatic carbocycles. The molecule has 0 unspecified atom stereocenters. The molecule has 0 spiro atoms. The largest absolute Gasteiger partial charge is 0.396 e. The third-order valence-corrected chi connectivity index (χ3v) is 13.5. The Morgan fingerprint density at radius 3 is 2.12 bits per heavy atom. The number of allylic oxidation sites excluding steroid dienone is 2. The van der Waals surface area contributed by atoms with E-state index in [4.69, 9.17) is 0 Å². The van der Waals surface area contributed by atoms with E-state index < -0.39 is 23.7 Å². The molecule has 5 aliphatic rings. The van der Waals surface area contributed by atoms with E-state index in [9.17, 15) is 20.4 Å². The molecule has 0 saturated heterocycles. The number of rotatable bonds is 1. The highest BCUT2D eigenvalue weighted by atomic mass is 16.3. The van der Waals surface area contributed by atoms with Gasteiger partial charge in [-0.3, -0.25) is 0 Å². The zero-order valence-electron chi connectivity index (χ0n) is 22.7. The van der Waals surface area contributed by atoms with Gasteiger partial charge in [0.05, 0.1) is 24.9 Å². The Morgan fingerprint density at radius 2 is 1.47 bits per heavy atom. The van der Waals surface area contributed by atoms with Crippen molar-refractivity contribution in [1.29, 1.82) is 0 Å². The van der Waals surface area contributed by atoms with Crippen LogP contribution in [0.25, 0.3) is 0 Å². The minimum absolute atomic E-state index is 0.0614. The summed E-state index contributed by atoms with van der Waals surface area (Å²) in [6, 6.07) is 0. The molecule has 34 heavy (non-hydrogen) atoms. The van der Waals surface area contributed by atoms with Crippen molar-refractivity contribution in [2.75, 3.05) is 6.61 Å². The fraction of sp³-hybridized carbons (Fsp3) is 0.933. The van der Waals surface area contributed by atoms with Gasteiger partial charge in [-0.15, -0.1) is 0 Å². The van der Waals surface area contributed by atoms with Crippen LogP contribution in [0.5, 0.6) is 0 Å². The topological polar surface area (TPSA) is 80.9 Å². The minimum Gasteiger partial charge on any atom is -0.396 e. The fourth-order valence-corrected chi connectivity index (χ4v) is 10.7. The van der Waals surface area contributed by atoms with Crippen molar-refractivity contribution in [3.63, 3.8) is 0 Å². The number of hydrogen-bond donors (Lipinski definition) is 4. The second kappa shape index (κ2) is 7.33. The van der Waals surface area contributed by atoms with Gasteiger partial charge in [0.1, 0.15) is 0 Å². The summed E-state index contributed by atoms with van der Waals surface area (Å²) in [5.74, 6) is 1.17. The Balaban J connectivity index is 1.58. The van der Waals surface area contributed by atoms with Crippen LogP contribution in [0.1, 0.15) is 99.8 Å². The van der Waals surface area contributed by atoms with Crippen molar-refractivity contribution < 1.29 is 20.4 Å². The molecule has 5 rings (SSSR count). The third kappa shape index (κ3) is 2.81. The lowest BCUT2D eigenvalue weighted by Gasteiger charge is -2.72. The van der Waals surface area contributed by atoms with Crippen molar-refractivity contribution in [3.8, 4) is 0 Å². The SMILES string of the molecule is CC1(C)C[C@@H]2C3=CC[C@H]4[C@]5(C)CC[C@@H](O)[C@@](C)(CO)[C@H]5CC[C@]4(C)[C@@]3(C)CC[C@]2(C)[C@@H](O)[C@H]1O. The summed E-state index contributed by atoms with van der Waals surface area (Å²) >= 11 is 0. The maximum absolute atomic E-state index is 11.3. The van der Waals surface area contributed by atoms with Gasteiger partial charge in [0.2, 0.25) is 0 Å². The first-order valence-corrected chi connectivity index (χ1v) is 14.0. The molecule has 4 N–H and O–H groups in total. The number of aliphatic hydroxyl groups excluding tert-OH is 4. The quantitative estimate of drug-likeness (QED) is 0.399. The normalized spacial score (nSPS) is 58.6. The van der Waals surface area contributed by atoms with Crippen LogP contribution in [-0.4, -0.2) is 45.3 Å². The van der Waals surface area contributed by atoms with Crippen LogP contribution in [0.4, 0.5) is 0 Å². The number of fused-ring (bicyclic) bond motifs is 7. The Labute approximate surface area is 207 Å². The molecule has 0 aromatic heterocycles. The molecule has 194 valence electrons. The Bertz CT molecular complexity index is 881. The molecule has 0 aromatic rings. The van der Waals surface area contributed by atoms with Crippen molar-refractivity contribution in [2.24, 2.45) is 50.2 Å². The predicted octanol–water partition coefficient (Wildman–Crippen LogP) is 5.08. The fourth-order valence-electron chi connectivity index (χ4n) is 10.7. The summed E-state index contributed by atoms with van der Waals surface area (Å²) in [6.07, 6.45) is 8.79. The van der Waals surface area contributed by atoms with Crippen LogP contribution >= 0.6 is 0 Å². The summed E-state index contributed by atoms with van der Waals surface area (Å²) in [5, 5.41) is 43.6. The van der Waals surface area contributed by atoms with E-state index in [0.717, 1.165) is 51.4 Å². The van der Waals surface area contributed by atoms with Gasteiger partial charge < -0.3 is 20.4 Å². The van der Waals surface area contributed by atoms with Crippen LogP contribution in [0, 0.1) is 50.2 Å². The molecule has 0 aliphatic heterocycles. The van der Waals surface area contributed by atoms with Crippen LogP contribution in [-0.2, 0) is 0 Å². The molecule has 4 heteroatoms. The molecular weight excluding hydrogens is 424 g/mol. The van der Waals surface area contributed by atoms with Crippen LogP contribution in [0.2, 0.25) is 0 Å². The average molecular weight is 475 g/mol. The zero-order valence-corrected chi connectivity index (χ0v) is 22.7. The van der Waals surface area contributed by atoms with E-state index in [1.54, 1.807) is 5.57 Å². The summed E-state index contributed by atoms with van der Waals surface area (Å²) < 4.78 is 0. The molecule has 4 fully saturated rings. The maximum Gasteiger partial charge on any atom is 0.0863 e. The molecule has 0 bridgehead atoms. The number of hydrogen-bond acceptors (Lipinski definition) is 4. The summed E-state index contributed by atoms with van der Waals surface area (Å²) in [5.41, 5.74) is 0.920. The summed E-state index contributed by atoms with van der Waals surface area (Å²) in [6.45, 7) is 16.2. The summed E-state index contributed by atoms with van der Waals surface area (Å²) in [4.78, 5) is 0. The van der Waals surface area contributed by atoms with Crippen LogP contribution < -0.4 is 0 Å². The monoisotopic (exact) mass is 474 g/mol. The van der Waals surface area contributed by atoms with E-state index in [1.807, 2.05) is 0 Å². The Kier molecular flexibility index (Phi) is 5.44.